The number of likely N-dealkylation sites (tertiary alicyclic amines) is 1. The molecule has 2 unspecified atom stereocenters. The van der Waals surface area contributed by atoms with Crippen LogP contribution in [0.1, 0.15) is 49.7 Å². The van der Waals surface area contributed by atoms with Crippen LogP contribution in [0.2, 0.25) is 0 Å². The van der Waals surface area contributed by atoms with Gasteiger partial charge < -0.3 is 15.2 Å². The molecule has 1 aromatic heterocycles. The molecule has 0 aliphatic carbocycles. The number of nitrogens with two attached hydrogens (primary N) is 1. The fourth-order valence-corrected chi connectivity index (χ4v) is 3.38. The fourth-order valence-electron chi connectivity index (χ4n) is 3.38. The zero-order valence-electron chi connectivity index (χ0n) is 11.3. The van der Waals surface area contributed by atoms with Crippen LogP contribution in [0, 0.1) is 0 Å². The second-order valence-electron chi connectivity index (χ2n) is 5.83. The topological polar surface area (TPSA) is 47.1 Å². The van der Waals surface area contributed by atoms with Crippen LogP contribution in [0.5, 0.6) is 0 Å². The van der Waals surface area contributed by atoms with Gasteiger partial charge in [0.05, 0.1) is 11.9 Å². The second-order valence-corrected chi connectivity index (χ2v) is 5.83. The number of likely N-dealkylation sites (N-methyl/N-ethyl adjacent to an activating group) is 1. The van der Waals surface area contributed by atoms with Gasteiger partial charge in [0.2, 0.25) is 0 Å². The summed E-state index contributed by atoms with van der Waals surface area (Å²) in [7, 11) is 2.25. The van der Waals surface area contributed by atoms with Crippen molar-refractivity contribution in [3.05, 3.63) is 17.7 Å². The lowest BCUT2D eigenvalue weighted by Gasteiger charge is -2.32. The van der Waals surface area contributed by atoms with Crippen LogP contribution in [0.15, 0.2) is 6.20 Å². The summed E-state index contributed by atoms with van der Waals surface area (Å²) in [5.74, 6) is 1.25. The summed E-state index contributed by atoms with van der Waals surface area (Å²) in [6.07, 6.45) is 9.40. The standard InChI is InChI=1S/C14H24N4/c1-17-7-3-2-5-11(17)9-14-16-10-13-12(15)6-4-8-18(13)14/h10-12H,2-9,15H2,1H3. The molecule has 0 bridgehead atoms. The first kappa shape index (κ1) is 12.2. The van der Waals surface area contributed by atoms with Crippen LogP contribution in [-0.4, -0.2) is 34.1 Å². The van der Waals surface area contributed by atoms with E-state index in [-0.39, 0.29) is 6.04 Å². The Balaban J connectivity index is 1.76. The van der Waals surface area contributed by atoms with E-state index in [1.807, 2.05) is 6.20 Å². The highest BCUT2D eigenvalue weighted by atomic mass is 15.2. The second kappa shape index (κ2) is 5.02. The third-order valence-corrected chi connectivity index (χ3v) is 4.59. The van der Waals surface area contributed by atoms with Crippen molar-refractivity contribution < 1.29 is 0 Å². The van der Waals surface area contributed by atoms with E-state index < -0.39 is 0 Å². The van der Waals surface area contributed by atoms with Gasteiger partial charge in [0.25, 0.3) is 0 Å². The summed E-state index contributed by atoms with van der Waals surface area (Å²) in [6, 6.07) is 0.868. The maximum absolute atomic E-state index is 6.15. The van der Waals surface area contributed by atoms with Crippen molar-refractivity contribution in [1.29, 1.82) is 0 Å². The molecule has 100 valence electrons. The van der Waals surface area contributed by atoms with Crippen LogP contribution in [0.3, 0.4) is 0 Å². The van der Waals surface area contributed by atoms with Crippen molar-refractivity contribution >= 4 is 0 Å². The van der Waals surface area contributed by atoms with Gasteiger partial charge in [0.1, 0.15) is 5.82 Å². The number of hydrogen-bond donors (Lipinski definition) is 1. The molecule has 3 rings (SSSR count). The van der Waals surface area contributed by atoms with Crippen LogP contribution in [-0.2, 0) is 13.0 Å². The van der Waals surface area contributed by atoms with Crippen LogP contribution < -0.4 is 5.73 Å². The van der Waals surface area contributed by atoms with Crippen molar-refractivity contribution in [3.63, 3.8) is 0 Å². The Morgan fingerprint density at radius 3 is 3.00 bits per heavy atom. The molecule has 18 heavy (non-hydrogen) atoms. The Morgan fingerprint density at radius 1 is 1.28 bits per heavy atom. The van der Waals surface area contributed by atoms with E-state index in [1.165, 1.54) is 43.7 Å². The lowest BCUT2D eigenvalue weighted by Crippen LogP contribution is -2.38. The van der Waals surface area contributed by atoms with E-state index in [1.54, 1.807) is 0 Å². The predicted molar refractivity (Wildman–Crippen MR) is 72.4 cm³/mol. The lowest BCUT2D eigenvalue weighted by molar-refractivity contribution is 0.181. The first-order chi connectivity index (χ1) is 8.75. The first-order valence-electron chi connectivity index (χ1n) is 7.26. The highest BCUT2D eigenvalue weighted by Crippen LogP contribution is 2.26. The Hall–Kier alpha value is -0.870. The van der Waals surface area contributed by atoms with E-state index in [0.29, 0.717) is 6.04 Å². The Bertz CT molecular complexity index is 412. The molecular weight excluding hydrogens is 224 g/mol. The molecular formula is C14H24N4. The van der Waals surface area contributed by atoms with Gasteiger partial charge in [-0.25, -0.2) is 4.98 Å². The number of fused-ring (bicyclic) bond motifs is 1. The molecule has 0 radical (unpaired) electrons. The molecule has 1 fully saturated rings. The number of aromatic nitrogens is 2. The number of hydrogen-bond acceptors (Lipinski definition) is 3. The Kier molecular flexibility index (Phi) is 3.39. The fraction of sp³-hybridized carbons (Fsp3) is 0.786. The Morgan fingerprint density at radius 2 is 2.17 bits per heavy atom. The molecule has 3 heterocycles. The molecule has 1 saturated heterocycles. The molecule has 0 saturated carbocycles. The van der Waals surface area contributed by atoms with Gasteiger partial charge in [0, 0.05) is 25.0 Å². The zero-order valence-corrected chi connectivity index (χ0v) is 11.3. The van der Waals surface area contributed by atoms with E-state index >= 15 is 0 Å². The van der Waals surface area contributed by atoms with Crippen LogP contribution in [0.4, 0.5) is 0 Å². The highest BCUT2D eigenvalue weighted by molar-refractivity contribution is 5.13. The molecule has 2 atom stereocenters. The molecule has 2 aliphatic rings. The molecule has 2 aliphatic heterocycles. The minimum Gasteiger partial charge on any atom is -0.331 e. The normalized spacial score (nSPS) is 29.2. The van der Waals surface area contributed by atoms with Gasteiger partial charge in [-0.15, -0.1) is 0 Å². The van der Waals surface area contributed by atoms with Crippen LogP contribution in [0.25, 0.3) is 0 Å². The monoisotopic (exact) mass is 248 g/mol. The minimum atomic E-state index is 0.198. The summed E-state index contributed by atoms with van der Waals surface area (Å²) in [4.78, 5) is 7.13. The summed E-state index contributed by atoms with van der Waals surface area (Å²) < 4.78 is 2.37. The van der Waals surface area contributed by atoms with Gasteiger partial charge in [-0.1, -0.05) is 6.42 Å². The number of imidazole rings is 1. The average molecular weight is 248 g/mol. The molecule has 4 nitrogen and oxygen atoms in total. The Labute approximate surface area is 109 Å². The number of piperidine rings is 1. The van der Waals surface area contributed by atoms with E-state index in [0.717, 1.165) is 19.4 Å². The third kappa shape index (κ3) is 2.19. The SMILES string of the molecule is CN1CCCCC1Cc1ncc2n1CCCC2N. The van der Waals surface area contributed by atoms with Crippen molar-refractivity contribution in [2.75, 3.05) is 13.6 Å². The minimum absolute atomic E-state index is 0.198. The van der Waals surface area contributed by atoms with Crippen molar-refractivity contribution in [3.8, 4) is 0 Å². The summed E-state index contributed by atoms with van der Waals surface area (Å²) in [5.41, 5.74) is 7.39. The first-order valence-corrected chi connectivity index (χ1v) is 7.26. The average Bonchev–Trinajstić information content (AvgIpc) is 2.77. The smallest absolute Gasteiger partial charge is 0.110 e. The number of nitrogens with zero attached hydrogens (tertiary/aromatic N) is 3. The largest absolute Gasteiger partial charge is 0.331 e. The van der Waals surface area contributed by atoms with Gasteiger partial charge in [-0.05, 0) is 39.3 Å². The summed E-state index contributed by atoms with van der Waals surface area (Å²) in [6.45, 7) is 2.34. The molecule has 0 spiro atoms. The van der Waals surface area contributed by atoms with Crippen molar-refractivity contribution in [2.24, 2.45) is 5.73 Å². The summed E-state index contributed by atoms with van der Waals surface area (Å²) >= 11 is 0. The molecule has 4 heteroatoms. The van der Waals surface area contributed by atoms with Gasteiger partial charge in [-0.2, -0.15) is 0 Å². The molecule has 2 N–H and O–H groups in total. The summed E-state index contributed by atoms with van der Waals surface area (Å²) in [5, 5.41) is 0. The van der Waals surface area contributed by atoms with E-state index in [2.05, 4.69) is 21.5 Å². The molecule has 1 aromatic rings. The quantitative estimate of drug-likeness (QED) is 0.866. The number of rotatable bonds is 2. The maximum Gasteiger partial charge on any atom is 0.110 e. The van der Waals surface area contributed by atoms with E-state index in [9.17, 15) is 0 Å². The lowest BCUT2D eigenvalue weighted by atomic mass is 9.99. The van der Waals surface area contributed by atoms with Crippen molar-refractivity contribution in [1.82, 2.24) is 14.5 Å². The van der Waals surface area contributed by atoms with Crippen molar-refractivity contribution in [2.45, 2.75) is 57.2 Å². The predicted octanol–water partition coefficient (Wildman–Crippen LogP) is 1.70. The van der Waals surface area contributed by atoms with Gasteiger partial charge in [-0.3, -0.25) is 0 Å². The molecule has 0 aromatic carbocycles. The van der Waals surface area contributed by atoms with Gasteiger partial charge in [0.15, 0.2) is 0 Å². The van der Waals surface area contributed by atoms with E-state index in [4.69, 9.17) is 5.73 Å². The third-order valence-electron chi connectivity index (χ3n) is 4.59. The van der Waals surface area contributed by atoms with Crippen LogP contribution >= 0.6 is 0 Å². The zero-order chi connectivity index (χ0) is 12.5. The maximum atomic E-state index is 6.15. The highest BCUT2D eigenvalue weighted by Gasteiger charge is 2.24. The molecule has 0 amide bonds. The van der Waals surface area contributed by atoms with Gasteiger partial charge >= 0.3 is 0 Å².